The fourth-order valence-corrected chi connectivity index (χ4v) is 8.70. The van der Waals surface area contributed by atoms with Gasteiger partial charge in [-0.3, -0.25) is 4.79 Å². The molecule has 0 aliphatic rings. The van der Waals surface area contributed by atoms with Gasteiger partial charge in [0.15, 0.2) is 0 Å². The van der Waals surface area contributed by atoms with Crippen LogP contribution in [0, 0.1) is 0 Å². The van der Waals surface area contributed by atoms with Crippen LogP contribution in [0.5, 0.6) is 0 Å². The maximum absolute atomic E-state index is 12.5. The summed E-state index contributed by atoms with van der Waals surface area (Å²) in [6, 6.07) is -0.655. The summed E-state index contributed by atoms with van der Waals surface area (Å²) in [7, 11) is 0. The van der Waals surface area contributed by atoms with Gasteiger partial charge in [-0.05, 0) is 109 Å². The van der Waals surface area contributed by atoms with Crippen molar-refractivity contribution in [2.45, 2.75) is 289 Å². The van der Waals surface area contributed by atoms with Gasteiger partial charge in [0.2, 0.25) is 5.91 Å². The SMILES string of the molecule is CC/C=C\C/C=C\C/C=C\C/C=C\C/C=C\C/C=C\C/C=C\C/C=C\CCCCCCCCCCCCCCCCC(=O)NC(CO)C(O)/C=C/CC/C=C/CC/C=C/CCCCCCCCCCCCCC. The van der Waals surface area contributed by atoms with Crippen LogP contribution in [0.25, 0.3) is 0 Å². The number of aliphatic hydroxyl groups is 2. The average Bonchev–Trinajstić information content (AvgIpc) is 3.40. The van der Waals surface area contributed by atoms with Gasteiger partial charge in [0.25, 0.3) is 0 Å². The topological polar surface area (TPSA) is 69.6 Å². The number of allylic oxidation sites excluding steroid dienone is 21. The van der Waals surface area contributed by atoms with Gasteiger partial charge in [-0.2, -0.15) is 0 Å². The zero-order valence-corrected chi connectivity index (χ0v) is 47.9. The number of unbranched alkanes of at least 4 members (excludes halogenated alkanes) is 28. The highest BCUT2D eigenvalue weighted by molar-refractivity contribution is 5.76. The van der Waals surface area contributed by atoms with E-state index in [-0.39, 0.29) is 12.5 Å². The van der Waals surface area contributed by atoms with E-state index in [2.05, 4.69) is 141 Å². The van der Waals surface area contributed by atoms with Crippen LogP contribution in [-0.2, 0) is 4.79 Å². The number of nitrogens with one attached hydrogen (secondary N) is 1. The zero-order valence-electron chi connectivity index (χ0n) is 47.9. The van der Waals surface area contributed by atoms with E-state index >= 15 is 0 Å². The van der Waals surface area contributed by atoms with Crippen molar-refractivity contribution in [3.05, 3.63) is 134 Å². The number of hydrogen-bond acceptors (Lipinski definition) is 3. The number of carbonyl (C=O) groups is 1. The maximum Gasteiger partial charge on any atom is 0.220 e. The van der Waals surface area contributed by atoms with E-state index in [1.807, 2.05) is 6.08 Å². The van der Waals surface area contributed by atoms with Crippen LogP contribution in [0.3, 0.4) is 0 Å². The number of carbonyl (C=O) groups excluding carboxylic acids is 1. The van der Waals surface area contributed by atoms with Crippen molar-refractivity contribution in [2.75, 3.05) is 6.61 Å². The molecule has 1 amide bonds. The van der Waals surface area contributed by atoms with Crippen molar-refractivity contribution in [1.82, 2.24) is 5.32 Å². The molecule has 4 heteroatoms. The van der Waals surface area contributed by atoms with Crippen molar-refractivity contribution in [3.63, 3.8) is 0 Å². The van der Waals surface area contributed by atoms with E-state index in [0.29, 0.717) is 6.42 Å². The minimum absolute atomic E-state index is 0.0817. The second-order valence-corrected chi connectivity index (χ2v) is 20.4. The Hall–Kier alpha value is -3.47. The monoisotopic (exact) mass is 1010 g/mol. The van der Waals surface area contributed by atoms with Gasteiger partial charge >= 0.3 is 0 Å². The van der Waals surface area contributed by atoms with Gasteiger partial charge in [-0.1, -0.05) is 295 Å². The highest BCUT2D eigenvalue weighted by Gasteiger charge is 2.18. The maximum atomic E-state index is 12.5. The molecule has 0 radical (unpaired) electrons. The van der Waals surface area contributed by atoms with Crippen LogP contribution in [0.15, 0.2) is 134 Å². The average molecular weight is 1010 g/mol. The molecule has 0 aromatic heterocycles. The lowest BCUT2D eigenvalue weighted by molar-refractivity contribution is -0.123. The molecule has 0 aliphatic carbocycles. The lowest BCUT2D eigenvalue weighted by Crippen LogP contribution is -2.45. The van der Waals surface area contributed by atoms with E-state index < -0.39 is 12.1 Å². The third kappa shape index (κ3) is 59.3. The van der Waals surface area contributed by atoms with Crippen LogP contribution < -0.4 is 5.32 Å². The van der Waals surface area contributed by atoms with Crippen LogP contribution in [0.1, 0.15) is 277 Å². The largest absolute Gasteiger partial charge is 0.394 e. The van der Waals surface area contributed by atoms with Crippen LogP contribution in [0.2, 0.25) is 0 Å². The Labute approximate surface area is 453 Å². The Kier molecular flexibility index (Phi) is 59.8. The molecular weight excluding hydrogens is 891 g/mol. The second-order valence-electron chi connectivity index (χ2n) is 20.4. The first kappa shape index (κ1) is 69.5. The standard InChI is InChI=1S/C69H117NO3/c1-3-5-7-9-11-13-15-17-19-21-23-25-27-28-29-30-31-32-33-34-35-36-37-38-39-40-41-42-43-45-47-49-51-53-55-57-59-61-63-65-69(73)70-67(66-71)68(72)64-62-60-58-56-54-52-50-48-46-44-26-24-22-20-18-16-14-12-10-8-6-4-2/h5,7,11,13,17,19,23,25,28-29,31-32,34-35,37-38,46,48,54,56,62,64,67-68,71-72H,3-4,6,8-10,12,14-16,18,20-22,24,26-27,30,33,36,39-45,47,49-53,55,57-61,63,65-66H2,1-2H3,(H,70,73)/b7-5-,13-11-,19-17-,25-23-,29-28-,32-31-,35-34-,38-37-,48-46+,56-54+,64-62+. The molecule has 0 aliphatic heterocycles. The lowest BCUT2D eigenvalue weighted by Gasteiger charge is -2.19. The van der Waals surface area contributed by atoms with Crippen LogP contribution in [0.4, 0.5) is 0 Å². The fraction of sp³-hybridized carbons (Fsp3) is 0.667. The molecule has 0 aromatic carbocycles. The third-order valence-corrected chi connectivity index (χ3v) is 13.3. The van der Waals surface area contributed by atoms with Crippen molar-refractivity contribution in [3.8, 4) is 0 Å². The van der Waals surface area contributed by atoms with Crippen molar-refractivity contribution in [1.29, 1.82) is 0 Å². The summed E-state index contributed by atoms with van der Waals surface area (Å²) in [5, 5.41) is 23.2. The Morgan fingerprint density at radius 1 is 0.342 bits per heavy atom. The molecule has 2 atom stereocenters. The van der Waals surface area contributed by atoms with Crippen LogP contribution in [-0.4, -0.2) is 34.9 Å². The van der Waals surface area contributed by atoms with Gasteiger partial charge in [-0.25, -0.2) is 0 Å². The molecule has 0 saturated carbocycles. The number of amides is 1. The summed E-state index contributed by atoms with van der Waals surface area (Å²) in [5.41, 5.74) is 0. The summed E-state index contributed by atoms with van der Waals surface area (Å²) in [6.07, 6.45) is 97.7. The molecule has 0 saturated heterocycles. The first-order valence-corrected chi connectivity index (χ1v) is 30.9. The molecule has 0 fully saturated rings. The molecule has 2 unspecified atom stereocenters. The normalized spacial score (nSPS) is 13.8. The third-order valence-electron chi connectivity index (χ3n) is 13.3. The van der Waals surface area contributed by atoms with E-state index in [1.54, 1.807) is 6.08 Å². The van der Waals surface area contributed by atoms with Gasteiger partial charge in [0.05, 0.1) is 18.8 Å². The van der Waals surface area contributed by atoms with Crippen molar-refractivity contribution < 1.29 is 15.0 Å². The lowest BCUT2D eigenvalue weighted by atomic mass is 10.0. The summed E-state index contributed by atoms with van der Waals surface area (Å²) in [5.74, 6) is -0.0817. The Balaban J connectivity index is 3.59. The van der Waals surface area contributed by atoms with Gasteiger partial charge < -0.3 is 15.5 Å². The highest BCUT2D eigenvalue weighted by atomic mass is 16.3. The minimum Gasteiger partial charge on any atom is -0.394 e. The van der Waals surface area contributed by atoms with E-state index in [1.165, 1.54) is 167 Å². The number of rotatable bonds is 55. The predicted octanol–water partition coefficient (Wildman–Crippen LogP) is 21.0. The molecular formula is C69H117NO3. The molecule has 416 valence electrons. The fourth-order valence-electron chi connectivity index (χ4n) is 8.70. The summed E-state index contributed by atoms with van der Waals surface area (Å²) in [4.78, 5) is 12.5. The van der Waals surface area contributed by atoms with E-state index in [0.717, 1.165) is 89.9 Å². The van der Waals surface area contributed by atoms with Crippen molar-refractivity contribution in [2.24, 2.45) is 0 Å². The highest BCUT2D eigenvalue weighted by Crippen LogP contribution is 2.16. The molecule has 0 aromatic rings. The summed E-state index contributed by atoms with van der Waals surface area (Å²) >= 11 is 0. The van der Waals surface area contributed by atoms with Gasteiger partial charge in [-0.15, -0.1) is 0 Å². The Bertz CT molecular complexity index is 1470. The molecule has 4 nitrogen and oxygen atoms in total. The smallest absolute Gasteiger partial charge is 0.220 e. The first-order chi connectivity index (χ1) is 36.2. The predicted molar refractivity (Wildman–Crippen MR) is 326 cm³/mol. The summed E-state index contributed by atoms with van der Waals surface area (Å²) < 4.78 is 0. The minimum atomic E-state index is -0.879. The molecule has 0 rings (SSSR count). The molecule has 0 spiro atoms. The number of hydrogen-bond donors (Lipinski definition) is 3. The van der Waals surface area contributed by atoms with Crippen LogP contribution >= 0.6 is 0 Å². The molecule has 3 N–H and O–H groups in total. The van der Waals surface area contributed by atoms with Crippen molar-refractivity contribution >= 4 is 5.91 Å². The first-order valence-electron chi connectivity index (χ1n) is 30.9. The van der Waals surface area contributed by atoms with E-state index in [4.69, 9.17) is 0 Å². The number of aliphatic hydroxyl groups excluding tert-OH is 2. The Morgan fingerprint density at radius 2 is 0.616 bits per heavy atom. The summed E-state index contributed by atoms with van der Waals surface area (Å²) in [6.45, 7) is 4.19. The van der Waals surface area contributed by atoms with Gasteiger partial charge in [0.1, 0.15) is 0 Å². The molecule has 0 bridgehead atoms. The quantitative estimate of drug-likeness (QED) is 0.0420. The Morgan fingerprint density at radius 3 is 0.959 bits per heavy atom. The zero-order chi connectivity index (χ0) is 52.7. The second kappa shape index (κ2) is 62.8. The molecule has 73 heavy (non-hydrogen) atoms. The molecule has 0 heterocycles. The van der Waals surface area contributed by atoms with E-state index in [9.17, 15) is 15.0 Å². The van der Waals surface area contributed by atoms with Gasteiger partial charge in [0, 0.05) is 6.42 Å².